The average molecular weight is 480 g/mol. The van der Waals surface area contributed by atoms with Crippen LogP contribution in [0.15, 0.2) is 0 Å². The van der Waals surface area contributed by atoms with Gasteiger partial charge in [-0.25, -0.2) is 0 Å². The minimum Gasteiger partial charge on any atom is -0.200 e. The predicted octanol–water partition coefficient (Wildman–Crippen LogP) is 7.09. The summed E-state index contributed by atoms with van der Waals surface area (Å²) < 4.78 is 224. The molecule has 0 amide bonds. The van der Waals surface area contributed by atoms with Gasteiger partial charge in [-0.15, -0.1) is 0 Å². The molecule has 0 aromatic rings. The predicted molar refractivity (Wildman–Crippen MR) is 55.6 cm³/mol. The number of hydrogen-bond donors (Lipinski definition) is 0. The van der Waals surface area contributed by atoms with Crippen molar-refractivity contribution in [2.75, 3.05) is 0 Å². The Balaban J connectivity index is 5.55. The molecule has 0 radical (unpaired) electrons. The van der Waals surface area contributed by atoms with Crippen molar-refractivity contribution in [2.24, 2.45) is 0 Å². The van der Waals surface area contributed by atoms with Crippen molar-refractivity contribution in [2.45, 2.75) is 67.2 Å². The molecule has 18 heteroatoms. The second-order valence-electron chi connectivity index (χ2n) is 5.56. The quantitative estimate of drug-likeness (QED) is 0.326. The van der Waals surface area contributed by atoms with E-state index in [9.17, 15) is 79.0 Å². The molecule has 0 aliphatic carbocycles. The summed E-state index contributed by atoms with van der Waals surface area (Å²) in [5, 5.41) is 0. The summed E-state index contributed by atoms with van der Waals surface area (Å²) in [4.78, 5) is 0. The van der Waals surface area contributed by atoms with E-state index in [1.807, 2.05) is 0 Å². The van der Waals surface area contributed by atoms with Crippen LogP contribution in [-0.4, -0.2) is 47.9 Å². The van der Waals surface area contributed by atoms with Crippen LogP contribution in [0.25, 0.3) is 0 Å². The molecule has 0 rings (SSSR count). The van der Waals surface area contributed by atoms with Crippen LogP contribution in [0.4, 0.5) is 79.0 Å². The molecule has 0 saturated heterocycles. The van der Waals surface area contributed by atoms with Gasteiger partial charge < -0.3 is 0 Å². The first-order chi connectivity index (χ1) is 12.2. The lowest BCUT2D eigenvalue weighted by atomic mass is 9.94. The van der Waals surface area contributed by atoms with Gasteiger partial charge in [0.25, 0.3) is 0 Å². The number of halogens is 18. The maximum atomic E-state index is 13.0. The molecule has 176 valence electrons. The Bertz CT molecular complexity index is 513. The van der Waals surface area contributed by atoms with Gasteiger partial charge in [0.05, 0.1) is 0 Å². The van der Waals surface area contributed by atoms with Crippen molar-refractivity contribution in [1.29, 1.82) is 0 Å². The third-order valence-corrected chi connectivity index (χ3v) is 3.40. The molecule has 0 atom stereocenters. The zero-order valence-electron chi connectivity index (χ0n) is 12.9. The van der Waals surface area contributed by atoms with Gasteiger partial charge in [0, 0.05) is 12.8 Å². The third-order valence-electron chi connectivity index (χ3n) is 3.40. The van der Waals surface area contributed by atoms with Crippen LogP contribution in [-0.2, 0) is 0 Å². The first-order valence-electron chi connectivity index (χ1n) is 6.61. The molecule has 0 nitrogen and oxygen atoms in total. The van der Waals surface area contributed by atoms with Crippen molar-refractivity contribution in [3.8, 4) is 0 Å². The van der Waals surface area contributed by atoms with Gasteiger partial charge in [0.1, 0.15) is 0 Å². The van der Waals surface area contributed by atoms with Gasteiger partial charge in [-0.2, -0.15) is 79.0 Å². The maximum absolute atomic E-state index is 13.0. The lowest BCUT2D eigenvalue weighted by molar-refractivity contribution is -0.400. The van der Waals surface area contributed by atoms with Gasteiger partial charge in [0.15, 0.2) is 0 Å². The molecule has 0 N–H and O–H groups in total. The average Bonchev–Trinajstić information content (AvgIpc) is 2.43. The summed E-state index contributed by atoms with van der Waals surface area (Å²) in [6.07, 6.45) is -23.3. The Morgan fingerprint density at radius 3 is 0.690 bits per heavy atom. The van der Waals surface area contributed by atoms with E-state index in [1.165, 1.54) is 0 Å². The van der Waals surface area contributed by atoms with Gasteiger partial charge in [-0.3, -0.25) is 0 Å². The van der Waals surface area contributed by atoms with Gasteiger partial charge in [-0.1, -0.05) is 0 Å². The molecule has 0 aliphatic heterocycles. The highest BCUT2D eigenvalue weighted by molar-refractivity contribution is 5.02. The van der Waals surface area contributed by atoms with E-state index in [-0.39, 0.29) is 0 Å². The molecule has 0 fully saturated rings. The summed E-state index contributed by atoms with van der Waals surface area (Å²) in [7, 11) is 0. The Kier molecular flexibility index (Phi) is 6.85. The van der Waals surface area contributed by atoms with E-state index < -0.39 is 67.2 Å². The summed E-state index contributed by atoms with van der Waals surface area (Å²) in [5.74, 6) is -42.5. The van der Waals surface area contributed by atoms with E-state index in [2.05, 4.69) is 0 Å². The van der Waals surface area contributed by atoms with E-state index in [0.717, 1.165) is 0 Å². The van der Waals surface area contributed by atoms with E-state index in [4.69, 9.17) is 0 Å². The molecule has 29 heavy (non-hydrogen) atoms. The Morgan fingerprint density at radius 2 is 0.517 bits per heavy atom. The van der Waals surface area contributed by atoms with Crippen LogP contribution in [0, 0.1) is 0 Å². The topological polar surface area (TPSA) is 0 Å². The monoisotopic (exact) mass is 480 g/mol. The standard InChI is InChI=1S/C11H6F18/c12-4(13,6(16,17)8(20,21)10(24,25)26)2-1-3-5(14,15)7(18,19)9(22,23)11(27,28)29/h1-3H2. The lowest BCUT2D eigenvalue weighted by Gasteiger charge is -2.35. The zero-order valence-corrected chi connectivity index (χ0v) is 12.9. The number of alkyl halides is 18. The minimum atomic E-state index is -7.43. The molecule has 0 unspecified atom stereocenters. The van der Waals surface area contributed by atoms with Crippen LogP contribution in [0.5, 0.6) is 0 Å². The van der Waals surface area contributed by atoms with Crippen molar-refractivity contribution in [1.82, 2.24) is 0 Å². The zero-order chi connectivity index (χ0) is 24.1. The van der Waals surface area contributed by atoms with E-state index in [0.29, 0.717) is 0 Å². The second-order valence-corrected chi connectivity index (χ2v) is 5.56. The SMILES string of the molecule is FC(F)(F)C(F)(F)C(F)(F)C(F)(F)CCCC(F)(F)C(F)(F)C(F)(F)C(F)(F)F. The molecule has 0 aliphatic rings. The highest BCUT2D eigenvalue weighted by Gasteiger charge is 2.83. The maximum Gasteiger partial charge on any atom is 0.460 e. The van der Waals surface area contributed by atoms with Crippen molar-refractivity contribution in [3.05, 3.63) is 0 Å². The van der Waals surface area contributed by atoms with Gasteiger partial charge in [-0.05, 0) is 6.42 Å². The van der Waals surface area contributed by atoms with Crippen molar-refractivity contribution >= 4 is 0 Å². The van der Waals surface area contributed by atoms with Crippen LogP contribution in [0.3, 0.4) is 0 Å². The summed E-state index contributed by atoms with van der Waals surface area (Å²) in [6.45, 7) is 0. The fraction of sp³-hybridized carbons (Fsp3) is 1.00. The van der Waals surface area contributed by atoms with E-state index >= 15 is 0 Å². The highest BCUT2D eigenvalue weighted by Crippen LogP contribution is 2.56. The molecular weight excluding hydrogens is 474 g/mol. The largest absolute Gasteiger partial charge is 0.460 e. The summed E-state index contributed by atoms with van der Waals surface area (Å²) in [5.41, 5.74) is 0. The van der Waals surface area contributed by atoms with Crippen LogP contribution >= 0.6 is 0 Å². The highest BCUT2D eigenvalue weighted by atomic mass is 19.4. The molecule has 0 aromatic heterocycles. The van der Waals surface area contributed by atoms with Crippen LogP contribution < -0.4 is 0 Å². The Morgan fingerprint density at radius 1 is 0.310 bits per heavy atom. The molecule has 0 bridgehead atoms. The summed E-state index contributed by atoms with van der Waals surface area (Å²) >= 11 is 0. The van der Waals surface area contributed by atoms with Gasteiger partial charge >= 0.3 is 47.9 Å². The normalized spacial score (nSPS) is 16.3. The van der Waals surface area contributed by atoms with Crippen LogP contribution in [0.1, 0.15) is 19.3 Å². The van der Waals surface area contributed by atoms with Crippen molar-refractivity contribution < 1.29 is 79.0 Å². The minimum absolute atomic E-state index is 2.56. The lowest BCUT2D eigenvalue weighted by Crippen LogP contribution is -2.61. The van der Waals surface area contributed by atoms with Crippen LogP contribution in [0.2, 0.25) is 0 Å². The Hall–Kier alpha value is -1.26. The first-order valence-corrected chi connectivity index (χ1v) is 6.61. The molecule has 0 spiro atoms. The fourth-order valence-corrected chi connectivity index (χ4v) is 1.66. The second kappa shape index (κ2) is 7.16. The first kappa shape index (κ1) is 27.7. The van der Waals surface area contributed by atoms with Gasteiger partial charge in [0.2, 0.25) is 0 Å². The fourth-order valence-electron chi connectivity index (χ4n) is 1.66. The molecule has 0 saturated carbocycles. The summed E-state index contributed by atoms with van der Waals surface area (Å²) in [6, 6.07) is 0. The Labute approximate surface area is 147 Å². The third kappa shape index (κ3) is 4.44. The number of hydrogen-bond acceptors (Lipinski definition) is 0. The van der Waals surface area contributed by atoms with Crippen molar-refractivity contribution in [3.63, 3.8) is 0 Å². The van der Waals surface area contributed by atoms with E-state index in [1.54, 1.807) is 0 Å². The smallest absolute Gasteiger partial charge is 0.200 e. The molecule has 0 heterocycles. The number of rotatable bonds is 8. The molecular formula is C11H6F18. The molecule has 0 aromatic carbocycles.